The number of rotatable bonds is 4. The Balaban J connectivity index is 0.00000192. The van der Waals surface area contributed by atoms with E-state index >= 15 is 0 Å². The van der Waals surface area contributed by atoms with Crippen LogP contribution in [0.5, 0.6) is 5.75 Å². The van der Waals surface area contributed by atoms with Crippen molar-refractivity contribution in [2.75, 3.05) is 0 Å². The summed E-state index contributed by atoms with van der Waals surface area (Å²) in [5.74, 6) is -0.143. The average molecular weight is 409 g/mol. The van der Waals surface area contributed by atoms with Gasteiger partial charge in [-0.15, -0.1) is 0 Å². The minimum atomic E-state index is -0.428. The third-order valence-electron chi connectivity index (χ3n) is 3.46. The molecule has 3 heteroatoms. The van der Waals surface area contributed by atoms with Gasteiger partial charge in [0.15, 0.2) is 0 Å². The quantitative estimate of drug-likeness (QED) is 0.375. The normalized spacial score (nSPS) is 9.96. The van der Waals surface area contributed by atoms with Crippen molar-refractivity contribution in [1.82, 2.24) is 0 Å². The van der Waals surface area contributed by atoms with E-state index in [1.165, 1.54) is 0 Å². The van der Waals surface area contributed by atoms with Crippen molar-refractivity contribution in [2.24, 2.45) is 0 Å². The second kappa shape index (κ2) is 8.53. The van der Waals surface area contributed by atoms with E-state index in [0.29, 0.717) is 5.75 Å². The molecule has 2 radical (unpaired) electrons. The van der Waals surface area contributed by atoms with Gasteiger partial charge in [-0.1, -0.05) is 78.9 Å². The van der Waals surface area contributed by atoms with Crippen LogP contribution in [0.15, 0.2) is 91.0 Å². The van der Waals surface area contributed by atoms with Crippen molar-refractivity contribution in [2.45, 2.75) is 5.92 Å². The third kappa shape index (κ3) is 4.45. The summed E-state index contributed by atoms with van der Waals surface area (Å²) in [6.45, 7) is 0. The van der Waals surface area contributed by atoms with E-state index in [2.05, 4.69) is 0 Å². The molecule has 0 aromatic heterocycles. The number of ether oxygens (including phenoxy) is 1. The van der Waals surface area contributed by atoms with Crippen LogP contribution in [-0.4, -0.2) is 29.9 Å². The summed E-state index contributed by atoms with van der Waals surface area (Å²) < 4.78 is 5.55. The molecule has 0 bridgehead atoms. The molecule has 0 aliphatic rings. The molecule has 114 valence electrons. The molecule has 0 fully saturated rings. The standard InChI is InChI=1S/C20H16O2.Sn.2H/c21-20(22-18-14-8-3-9-15-18)19(16-10-4-1-5-11-16)17-12-6-2-7-13-17;;;/h1-15,19H;;;. The number of para-hydroxylation sites is 1. The molecule has 0 N–H and O–H groups in total. The predicted octanol–water partition coefficient (Wildman–Crippen LogP) is 3.51. The van der Waals surface area contributed by atoms with Crippen LogP contribution in [0.1, 0.15) is 17.0 Å². The summed E-state index contributed by atoms with van der Waals surface area (Å²) in [7, 11) is 0. The van der Waals surface area contributed by atoms with Crippen molar-refractivity contribution in [1.29, 1.82) is 0 Å². The SMILES string of the molecule is O=C(Oc1ccccc1)C(c1ccccc1)c1ccccc1.[SnH2]. The van der Waals surface area contributed by atoms with E-state index in [9.17, 15) is 4.79 Å². The van der Waals surface area contributed by atoms with Crippen LogP contribution in [0.25, 0.3) is 0 Å². The van der Waals surface area contributed by atoms with Crippen LogP contribution < -0.4 is 4.74 Å². The number of hydrogen-bond acceptors (Lipinski definition) is 2. The van der Waals surface area contributed by atoms with Crippen LogP contribution in [-0.2, 0) is 4.79 Å². The molecule has 0 aliphatic carbocycles. The van der Waals surface area contributed by atoms with Gasteiger partial charge in [-0.2, -0.15) is 0 Å². The van der Waals surface area contributed by atoms with Crippen molar-refractivity contribution in [3.63, 3.8) is 0 Å². The minimum absolute atomic E-state index is 0. The van der Waals surface area contributed by atoms with Gasteiger partial charge in [-0.3, -0.25) is 4.79 Å². The van der Waals surface area contributed by atoms with E-state index in [4.69, 9.17) is 4.74 Å². The summed E-state index contributed by atoms with van der Waals surface area (Å²) in [5.41, 5.74) is 1.85. The zero-order valence-corrected chi connectivity index (χ0v) is 16.8. The topological polar surface area (TPSA) is 26.3 Å². The van der Waals surface area contributed by atoms with Gasteiger partial charge in [0.2, 0.25) is 0 Å². The number of esters is 1. The Hall–Kier alpha value is -2.07. The summed E-state index contributed by atoms with van der Waals surface area (Å²) in [6, 6.07) is 28.6. The molecule has 0 spiro atoms. The van der Waals surface area contributed by atoms with Gasteiger partial charge in [0, 0.05) is 0 Å². The van der Waals surface area contributed by atoms with Crippen molar-refractivity contribution in [3.05, 3.63) is 102 Å². The molecule has 3 aromatic rings. The van der Waals surface area contributed by atoms with Crippen molar-refractivity contribution >= 4 is 29.9 Å². The second-order valence-corrected chi connectivity index (χ2v) is 4.99. The Bertz CT molecular complexity index is 688. The molecule has 0 heterocycles. The Morgan fingerprint density at radius 1 is 0.652 bits per heavy atom. The van der Waals surface area contributed by atoms with Crippen LogP contribution >= 0.6 is 0 Å². The Labute approximate surface area is 153 Å². The van der Waals surface area contributed by atoms with Crippen molar-refractivity contribution in [3.8, 4) is 5.75 Å². The fourth-order valence-electron chi connectivity index (χ4n) is 2.42. The zero-order valence-electron chi connectivity index (χ0n) is 12.8. The Kier molecular flexibility index (Phi) is 6.41. The first-order valence-electron chi connectivity index (χ1n) is 7.21. The third-order valence-corrected chi connectivity index (χ3v) is 3.46. The summed E-state index contributed by atoms with van der Waals surface area (Å²) in [4.78, 5) is 12.7. The fraction of sp³-hybridized carbons (Fsp3) is 0.0500. The molecular weight excluding hydrogens is 391 g/mol. The molecule has 3 rings (SSSR count). The van der Waals surface area contributed by atoms with Gasteiger partial charge < -0.3 is 4.74 Å². The molecule has 2 nitrogen and oxygen atoms in total. The first kappa shape index (κ1) is 17.3. The number of hydrogen-bond donors (Lipinski definition) is 0. The van der Waals surface area contributed by atoms with Crippen LogP contribution in [0.2, 0.25) is 0 Å². The van der Waals surface area contributed by atoms with E-state index in [1.54, 1.807) is 12.1 Å². The van der Waals surface area contributed by atoms with Crippen LogP contribution in [0.3, 0.4) is 0 Å². The van der Waals surface area contributed by atoms with Crippen molar-refractivity contribution < 1.29 is 9.53 Å². The maximum atomic E-state index is 12.7. The molecule has 0 aliphatic heterocycles. The number of carbonyl (C=O) groups excluding carboxylic acids is 1. The van der Waals surface area contributed by atoms with Gasteiger partial charge in [-0.25, -0.2) is 0 Å². The zero-order chi connectivity index (χ0) is 15.2. The predicted molar refractivity (Wildman–Crippen MR) is 95.3 cm³/mol. The van der Waals surface area contributed by atoms with Crippen LogP contribution in [0.4, 0.5) is 0 Å². The monoisotopic (exact) mass is 410 g/mol. The molecule has 0 saturated heterocycles. The van der Waals surface area contributed by atoms with Crippen LogP contribution in [0, 0.1) is 0 Å². The van der Waals surface area contributed by atoms with Gasteiger partial charge in [0.05, 0.1) is 0 Å². The Morgan fingerprint density at radius 3 is 1.48 bits per heavy atom. The Morgan fingerprint density at radius 2 is 1.04 bits per heavy atom. The van der Waals surface area contributed by atoms with E-state index in [0.717, 1.165) is 11.1 Å². The summed E-state index contributed by atoms with van der Waals surface area (Å²) in [6.07, 6.45) is 0. The first-order valence-corrected chi connectivity index (χ1v) is 7.21. The molecule has 0 saturated carbocycles. The van der Waals surface area contributed by atoms with Gasteiger partial charge >= 0.3 is 29.9 Å². The fourth-order valence-corrected chi connectivity index (χ4v) is 2.42. The molecule has 0 unspecified atom stereocenters. The molecule has 0 atom stereocenters. The average Bonchev–Trinajstić information content (AvgIpc) is 2.58. The number of benzene rings is 3. The summed E-state index contributed by atoms with van der Waals surface area (Å²) >= 11 is 0. The molecular formula is C20H18O2Sn. The van der Waals surface area contributed by atoms with Gasteiger partial charge in [0.1, 0.15) is 11.7 Å². The summed E-state index contributed by atoms with van der Waals surface area (Å²) in [5, 5.41) is 0. The molecule has 3 aromatic carbocycles. The van der Waals surface area contributed by atoms with Gasteiger partial charge in [0.25, 0.3) is 0 Å². The first-order chi connectivity index (χ1) is 10.8. The number of carbonyl (C=O) groups is 1. The second-order valence-electron chi connectivity index (χ2n) is 4.99. The maximum absolute atomic E-state index is 12.7. The van der Waals surface area contributed by atoms with Gasteiger partial charge in [-0.05, 0) is 23.3 Å². The van der Waals surface area contributed by atoms with E-state index < -0.39 is 5.92 Å². The van der Waals surface area contributed by atoms with E-state index in [1.807, 2.05) is 78.9 Å². The van der Waals surface area contributed by atoms with E-state index in [-0.39, 0.29) is 29.9 Å². The molecule has 23 heavy (non-hydrogen) atoms. The molecule has 0 amide bonds.